The zero-order valence-electron chi connectivity index (χ0n) is 14.2. The minimum atomic E-state index is 0. The number of rotatable bonds is 8. The molecule has 1 heterocycles. The molecule has 0 fully saturated rings. The van der Waals surface area contributed by atoms with Crippen molar-refractivity contribution < 1.29 is 4.74 Å². The quantitative estimate of drug-likeness (QED) is 0.356. The topological polar surface area (TPSA) is 45.7 Å². The minimum Gasteiger partial charge on any atom is -0.494 e. The second-order valence-electron chi connectivity index (χ2n) is 5.04. The lowest BCUT2D eigenvalue weighted by Gasteiger charge is -2.13. The van der Waals surface area contributed by atoms with E-state index < -0.39 is 0 Å². The Morgan fingerprint density at radius 2 is 2.00 bits per heavy atom. The molecular weight excluding hydrogens is 433 g/mol. The predicted octanol–water partition coefficient (Wildman–Crippen LogP) is 4.06. The average molecular weight is 459 g/mol. The van der Waals surface area contributed by atoms with Crippen molar-refractivity contribution >= 4 is 41.3 Å². The van der Waals surface area contributed by atoms with E-state index in [1.165, 1.54) is 11.1 Å². The van der Waals surface area contributed by atoms with Gasteiger partial charge in [0.2, 0.25) is 0 Å². The fraction of sp³-hybridized carbons (Fsp3) is 0.389. The summed E-state index contributed by atoms with van der Waals surface area (Å²) in [4.78, 5) is 4.62. The minimum absolute atomic E-state index is 0. The van der Waals surface area contributed by atoms with E-state index in [0.717, 1.165) is 31.2 Å². The zero-order valence-corrected chi connectivity index (χ0v) is 17.4. The van der Waals surface area contributed by atoms with Crippen LogP contribution in [0.1, 0.15) is 25.0 Å². The van der Waals surface area contributed by atoms with Gasteiger partial charge in [0, 0.05) is 13.1 Å². The summed E-state index contributed by atoms with van der Waals surface area (Å²) >= 11 is 1.70. The van der Waals surface area contributed by atoms with Crippen molar-refractivity contribution in [3.05, 3.63) is 52.2 Å². The number of ether oxygens (including phenoxy) is 1. The van der Waals surface area contributed by atoms with E-state index in [1.807, 2.05) is 25.1 Å². The molecule has 0 aliphatic heterocycles. The van der Waals surface area contributed by atoms with Crippen molar-refractivity contribution in [1.29, 1.82) is 0 Å². The Morgan fingerprint density at radius 1 is 1.17 bits per heavy atom. The van der Waals surface area contributed by atoms with E-state index >= 15 is 0 Å². The van der Waals surface area contributed by atoms with Gasteiger partial charge in [0.15, 0.2) is 5.96 Å². The number of nitrogens with zero attached hydrogens (tertiary/aromatic N) is 1. The van der Waals surface area contributed by atoms with Crippen LogP contribution >= 0.6 is 35.3 Å². The lowest BCUT2D eigenvalue weighted by Crippen LogP contribution is -2.38. The highest BCUT2D eigenvalue weighted by Gasteiger charge is 2.03. The third-order valence-corrected chi connectivity index (χ3v) is 4.04. The van der Waals surface area contributed by atoms with Crippen molar-refractivity contribution in [2.45, 2.75) is 26.8 Å². The summed E-state index contributed by atoms with van der Waals surface area (Å²) < 4.78 is 5.67. The van der Waals surface area contributed by atoms with Crippen LogP contribution in [0.4, 0.5) is 0 Å². The summed E-state index contributed by atoms with van der Waals surface area (Å²) in [6, 6.07) is 10.3. The lowest BCUT2D eigenvalue weighted by molar-refractivity contribution is 0.336. The molecule has 0 radical (unpaired) electrons. The number of hydrogen-bond donors (Lipinski definition) is 2. The molecule has 2 aromatic rings. The molecule has 4 nitrogen and oxygen atoms in total. The van der Waals surface area contributed by atoms with Crippen molar-refractivity contribution in [3.63, 3.8) is 0 Å². The van der Waals surface area contributed by atoms with Crippen LogP contribution in [0.25, 0.3) is 0 Å². The number of nitrogens with one attached hydrogen (secondary N) is 2. The molecule has 0 unspecified atom stereocenters. The van der Waals surface area contributed by atoms with Gasteiger partial charge >= 0.3 is 0 Å². The first-order valence-electron chi connectivity index (χ1n) is 8.07. The molecule has 1 aromatic heterocycles. The predicted molar refractivity (Wildman–Crippen MR) is 114 cm³/mol. The number of benzene rings is 1. The molecule has 0 atom stereocenters. The van der Waals surface area contributed by atoms with Crippen molar-refractivity contribution in [1.82, 2.24) is 10.6 Å². The van der Waals surface area contributed by atoms with Gasteiger partial charge < -0.3 is 15.4 Å². The number of guanidine groups is 1. The molecular formula is C18H26IN3OS. The van der Waals surface area contributed by atoms with Gasteiger partial charge in [0.05, 0.1) is 13.2 Å². The standard InChI is InChI=1S/C18H25N3OS.HI/c1-3-19-18(21-13-15-10-12-23-14-15)20-11-9-16-7-5-6-8-17(16)22-4-2;/h5-8,10,12,14H,3-4,9,11,13H2,1-2H3,(H2,19,20,21);1H. The number of para-hydroxylation sites is 1. The summed E-state index contributed by atoms with van der Waals surface area (Å²) in [6.45, 7) is 7.15. The van der Waals surface area contributed by atoms with Gasteiger partial charge in [-0.1, -0.05) is 18.2 Å². The van der Waals surface area contributed by atoms with Gasteiger partial charge in [0.1, 0.15) is 5.75 Å². The van der Waals surface area contributed by atoms with E-state index in [1.54, 1.807) is 11.3 Å². The fourth-order valence-corrected chi connectivity index (χ4v) is 2.88. The Kier molecular flexibility index (Phi) is 10.5. The molecule has 0 saturated carbocycles. The molecule has 0 aliphatic carbocycles. The van der Waals surface area contributed by atoms with E-state index in [0.29, 0.717) is 13.2 Å². The summed E-state index contributed by atoms with van der Waals surface area (Å²) in [5.74, 6) is 1.82. The normalized spacial score (nSPS) is 10.8. The summed E-state index contributed by atoms with van der Waals surface area (Å²) in [6.07, 6.45) is 0.902. The summed E-state index contributed by atoms with van der Waals surface area (Å²) in [5.41, 5.74) is 2.46. The third kappa shape index (κ3) is 7.09. The Balaban J connectivity index is 0.00000288. The monoisotopic (exact) mass is 459 g/mol. The van der Waals surface area contributed by atoms with Crippen LogP contribution in [-0.2, 0) is 13.0 Å². The first-order chi connectivity index (χ1) is 11.3. The number of hydrogen-bond acceptors (Lipinski definition) is 3. The molecule has 132 valence electrons. The lowest BCUT2D eigenvalue weighted by atomic mass is 10.1. The Hall–Kier alpha value is -1.28. The van der Waals surface area contributed by atoms with Crippen LogP contribution in [0, 0.1) is 0 Å². The van der Waals surface area contributed by atoms with Gasteiger partial charge in [-0.05, 0) is 54.3 Å². The highest BCUT2D eigenvalue weighted by atomic mass is 127. The second-order valence-corrected chi connectivity index (χ2v) is 5.82. The fourth-order valence-electron chi connectivity index (χ4n) is 2.22. The van der Waals surface area contributed by atoms with Crippen LogP contribution in [0.15, 0.2) is 46.1 Å². The Morgan fingerprint density at radius 3 is 2.71 bits per heavy atom. The molecule has 0 bridgehead atoms. The Bertz CT molecular complexity index is 602. The molecule has 6 heteroatoms. The molecule has 2 rings (SSSR count). The van der Waals surface area contributed by atoms with Crippen LogP contribution < -0.4 is 15.4 Å². The largest absolute Gasteiger partial charge is 0.494 e. The highest BCUT2D eigenvalue weighted by molar-refractivity contribution is 14.0. The summed E-state index contributed by atoms with van der Waals surface area (Å²) in [7, 11) is 0. The van der Waals surface area contributed by atoms with Crippen LogP contribution in [0.2, 0.25) is 0 Å². The zero-order chi connectivity index (χ0) is 16.3. The Labute approximate surface area is 165 Å². The maximum atomic E-state index is 5.67. The number of thiophene rings is 1. The molecule has 2 N–H and O–H groups in total. The first-order valence-corrected chi connectivity index (χ1v) is 9.01. The highest BCUT2D eigenvalue weighted by Crippen LogP contribution is 2.17. The average Bonchev–Trinajstić information content (AvgIpc) is 3.08. The van der Waals surface area contributed by atoms with E-state index in [4.69, 9.17) is 4.74 Å². The van der Waals surface area contributed by atoms with E-state index in [9.17, 15) is 0 Å². The third-order valence-electron chi connectivity index (χ3n) is 3.30. The van der Waals surface area contributed by atoms with E-state index in [-0.39, 0.29) is 24.0 Å². The molecule has 1 aromatic carbocycles. The number of halogens is 1. The van der Waals surface area contributed by atoms with Gasteiger partial charge in [-0.15, -0.1) is 24.0 Å². The van der Waals surface area contributed by atoms with Crippen LogP contribution in [0.3, 0.4) is 0 Å². The van der Waals surface area contributed by atoms with Crippen molar-refractivity contribution in [2.24, 2.45) is 4.99 Å². The van der Waals surface area contributed by atoms with Gasteiger partial charge in [-0.25, -0.2) is 4.99 Å². The van der Waals surface area contributed by atoms with Crippen molar-refractivity contribution in [3.8, 4) is 5.75 Å². The molecule has 0 aliphatic rings. The summed E-state index contributed by atoms with van der Waals surface area (Å²) in [5, 5.41) is 10.9. The van der Waals surface area contributed by atoms with Crippen LogP contribution in [0.5, 0.6) is 5.75 Å². The van der Waals surface area contributed by atoms with E-state index in [2.05, 4.69) is 45.4 Å². The first kappa shape index (κ1) is 20.8. The molecule has 0 saturated heterocycles. The molecule has 0 amide bonds. The smallest absolute Gasteiger partial charge is 0.191 e. The maximum absolute atomic E-state index is 5.67. The second kappa shape index (κ2) is 12.1. The van der Waals surface area contributed by atoms with Gasteiger partial charge in [-0.2, -0.15) is 11.3 Å². The molecule has 24 heavy (non-hydrogen) atoms. The molecule has 0 spiro atoms. The van der Waals surface area contributed by atoms with Crippen LogP contribution in [-0.4, -0.2) is 25.7 Å². The maximum Gasteiger partial charge on any atom is 0.191 e. The van der Waals surface area contributed by atoms with Crippen molar-refractivity contribution in [2.75, 3.05) is 19.7 Å². The van der Waals surface area contributed by atoms with Gasteiger partial charge in [-0.3, -0.25) is 0 Å². The SMILES string of the molecule is CCNC(=NCc1ccsc1)NCCc1ccccc1OCC.I. The number of aliphatic imine (C=N–C) groups is 1. The van der Waals surface area contributed by atoms with Gasteiger partial charge in [0.25, 0.3) is 0 Å².